The lowest BCUT2D eigenvalue weighted by molar-refractivity contribution is -0.117. The van der Waals surface area contributed by atoms with Crippen LogP contribution in [0.4, 0.5) is 0 Å². The summed E-state index contributed by atoms with van der Waals surface area (Å²) in [7, 11) is 0. The summed E-state index contributed by atoms with van der Waals surface area (Å²) in [5.41, 5.74) is 1.26. The summed E-state index contributed by atoms with van der Waals surface area (Å²) in [4.78, 5) is 22.7. The molecule has 4 rings (SSSR count). The van der Waals surface area contributed by atoms with Gasteiger partial charge in [-0.05, 0) is 42.7 Å². The predicted molar refractivity (Wildman–Crippen MR) is 103 cm³/mol. The van der Waals surface area contributed by atoms with Crippen molar-refractivity contribution in [2.75, 3.05) is 19.8 Å². The van der Waals surface area contributed by atoms with E-state index in [0.717, 1.165) is 42.1 Å². The number of hydrogen-bond donors (Lipinski definition) is 0. The Balaban J connectivity index is 1.54. The third-order valence-electron chi connectivity index (χ3n) is 4.88. The minimum atomic E-state index is -0.0409. The van der Waals surface area contributed by atoms with E-state index in [0.29, 0.717) is 12.5 Å². The van der Waals surface area contributed by atoms with Gasteiger partial charge in [-0.15, -0.1) is 0 Å². The van der Waals surface area contributed by atoms with Gasteiger partial charge in [-0.1, -0.05) is 24.7 Å². The van der Waals surface area contributed by atoms with Crippen LogP contribution in [-0.2, 0) is 4.79 Å². The fourth-order valence-electron chi connectivity index (χ4n) is 3.64. The first kappa shape index (κ1) is 16.9. The number of hydrazine groups is 1. The van der Waals surface area contributed by atoms with E-state index < -0.39 is 0 Å². The van der Waals surface area contributed by atoms with Gasteiger partial charge < -0.3 is 0 Å². The van der Waals surface area contributed by atoms with E-state index in [9.17, 15) is 4.79 Å². The number of aromatic nitrogens is 1. The van der Waals surface area contributed by atoms with E-state index >= 15 is 0 Å². The van der Waals surface area contributed by atoms with Crippen molar-refractivity contribution in [1.29, 1.82) is 0 Å². The molecule has 1 amide bonds. The first-order chi connectivity index (χ1) is 12.2. The summed E-state index contributed by atoms with van der Waals surface area (Å²) in [6, 6.07) is 4.53. The van der Waals surface area contributed by atoms with Crippen LogP contribution in [0.25, 0.3) is 0 Å². The van der Waals surface area contributed by atoms with E-state index in [1.807, 2.05) is 18.5 Å². The SMILES string of the molecule is O=C1CCCN2C(=N1)SC(=S)N2CN1CCCCC1c1cccnc1. The lowest BCUT2D eigenvalue weighted by Gasteiger charge is -2.40. The zero-order chi connectivity index (χ0) is 17.2. The third kappa shape index (κ3) is 3.56. The molecule has 4 heterocycles. The molecule has 1 unspecified atom stereocenters. The van der Waals surface area contributed by atoms with Crippen LogP contribution in [0.15, 0.2) is 29.5 Å². The summed E-state index contributed by atoms with van der Waals surface area (Å²) in [6.07, 6.45) is 8.70. The standard InChI is InChI=1S/C17H21N5OS2/c23-15-7-4-10-21-16(19-15)25-17(24)22(21)12-20-9-2-1-6-14(20)13-5-3-8-18-11-13/h3,5,8,11,14H,1-2,4,6-7,9-10,12H2. The predicted octanol–water partition coefficient (Wildman–Crippen LogP) is 2.79. The number of amides is 1. The molecular weight excluding hydrogens is 354 g/mol. The van der Waals surface area contributed by atoms with Gasteiger partial charge in [0.15, 0.2) is 9.49 Å². The van der Waals surface area contributed by atoms with Crippen molar-refractivity contribution in [3.05, 3.63) is 30.1 Å². The van der Waals surface area contributed by atoms with Crippen molar-refractivity contribution >= 4 is 39.4 Å². The number of fused-ring (bicyclic) bond motifs is 1. The molecule has 0 aromatic carbocycles. The van der Waals surface area contributed by atoms with Crippen molar-refractivity contribution in [2.24, 2.45) is 4.99 Å². The van der Waals surface area contributed by atoms with Gasteiger partial charge in [0.05, 0.1) is 6.67 Å². The highest BCUT2D eigenvalue weighted by Gasteiger charge is 2.37. The van der Waals surface area contributed by atoms with Gasteiger partial charge in [0.2, 0.25) is 5.91 Å². The van der Waals surface area contributed by atoms with Crippen molar-refractivity contribution in [2.45, 2.75) is 38.1 Å². The summed E-state index contributed by atoms with van der Waals surface area (Å²) in [6.45, 7) is 2.57. The average molecular weight is 376 g/mol. The van der Waals surface area contributed by atoms with E-state index in [2.05, 4.69) is 31.0 Å². The topological polar surface area (TPSA) is 52.0 Å². The van der Waals surface area contributed by atoms with Crippen LogP contribution in [0.3, 0.4) is 0 Å². The maximum atomic E-state index is 11.8. The smallest absolute Gasteiger partial charge is 0.248 e. The minimum absolute atomic E-state index is 0.0409. The molecule has 0 spiro atoms. The molecule has 1 aromatic rings. The van der Waals surface area contributed by atoms with Crippen LogP contribution >= 0.6 is 24.0 Å². The van der Waals surface area contributed by atoms with Gasteiger partial charge in [0.25, 0.3) is 0 Å². The van der Waals surface area contributed by atoms with E-state index in [-0.39, 0.29) is 5.91 Å². The van der Waals surface area contributed by atoms with Crippen LogP contribution in [0.2, 0.25) is 0 Å². The number of carbonyl (C=O) groups excluding carboxylic acids is 1. The number of carbonyl (C=O) groups is 1. The highest BCUT2D eigenvalue weighted by Crippen LogP contribution is 2.34. The molecule has 1 aromatic heterocycles. The second-order valence-electron chi connectivity index (χ2n) is 6.53. The van der Waals surface area contributed by atoms with Crippen LogP contribution in [0, 0.1) is 0 Å². The summed E-state index contributed by atoms with van der Waals surface area (Å²) in [5.74, 6) is -0.0409. The molecule has 3 aliphatic heterocycles. The number of aliphatic imine (C=N–C) groups is 1. The van der Waals surface area contributed by atoms with Gasteiger partial charge in [-0.2, -0.15) is 4.99 Å². The van der Waals surface area contributed by atoms with Crippen molar-refractivity contribution in [3.8, 4) is 0 Å². The van der Waals surface area contributed by atoms with Crippen LogP contribution in [0.5, 0.6) is 0 Å². The summed E-state index contributed by atoms with van der Waals surface area (Å²) >= 11 is 7.01. The maximum absolute atomic E-state index is 11.8. The normalized spacial score (nSPS) is 25.0. The number of pyridine rings is 1. The second kappa shape index (κ2) is 7.39. The number of thioether (sulfide) groups is 1. The second-order valence-corrected chi connectivity index (χ2v) is 8.14. The first-order valence-electron chi connectivity index (χ1n) is 8.74. The molecule has 3 aliphatic rings. The zero-order valence-corrected chi connectivity index (χ0v) is 15.6. The fourth-order valence-corrected chi connectivity index (χ4v) is 4.88. The summed E-state index contributed by atoms with van der Waals surface area (Å²) < 4.78 is 0.781. The number of likely N-dealkylation sites (tertiary alicyclic amines) is 1. The quantitative estimate of drug-likeness (QED) is 0.753. The van der Waals surface area contributed by atoms with Crippen molar-refractivity contribution in [1.82, 2.24) is 19.9 Å². The van der Waals surface area contributed by atoms with Gasteiger partial charge in [0, 0.05) is 37.9 Å². The number of piperidine rings is 1. The minimum Gasteiger partial charge on any atom is -0.277 e. The molecule has 0 bridgehead atoms. The third-order valence-corrected chi connectivity index (χ3v) is 6.21. The van der Waals surface area contributed by atoms with Gasteiger partial charge in [-0.25, -0.2) is 0 Å². The lowest BCUT2D eigenvalue weighted by atomic mass is 9.97. The molecule has 0 N–H and O–H groups in total. The Labute approximate surface area is 157 Å². The molecule has 2 fully saturated rings. The Bertz CT molecular complexity index is 696. The van der Waals surface area contributed by atoms with Crippen LogP contribution in [0.1, 0.15) is 43.7 Å². The monoisotopic (exact) mass is 375 g/mol. The van der Waals surface area contributed by atoms with Gasteiger partial charge in [-0.3, -0.25) is 24.7 Å². The van der Waals surface area contributed by atoms with E-state index in [1.165, 1.54) is 30.2 Å². The Hall–Kier alpha value is -1.51. The van der Waals surface area contributed by atoms with Gasteiger partial charge in [0.1, 0.15) is 0 Å². The van der Waals surface area contributed by atoms with Crippen molar-refractivity contribution in [3.63, 3.8) is 0 Å². The average Bonchev–Trinajstić information content (AvgIpc) is 2.79. The lowest BCUT2D eigenvalue weighted by Crippen LogP contribution is -2.49. The highest BCUT2D eigenvalue weighted by atomic mass is 32.2. The molecule has 0 radical (unpaired) electrons. The molecular formula is C17H21N5OS2. The molecule has 0 aliphatic carbocycles. The number of hydrogen-bond acceptors (Lipinski definition) is 6. The Morgan fingerprint density at radius 2 is 2.20 bits per heavy atom. The largest absolute Gasteiger partial charge is 0.277 e. The number of amidine groups is 1. The maximum Gasteiger partial charge on any atom is 0.248 e. The number of nitrogens with zero attached hydrogens (tertiary/aromatic N) is 5. The van der Waals surface area contributed by atoms with Crippen LogP contribution in [-0.4, -0.2) is 55.1 Å². The number of thiocarbonyl (C=S) groups is 1. The van der Waals surface area contributed by atoms with Gasteiger partial charge >= 0.3 is 0 Å². The Kier molecular flexibility index (Phi) is 5.00. The Morgan fingerprint density at radius 1 is 1.28 bits per heavy atom. The zero-order valence-electron chi connectivity index (χ0n) is 14.0. The molecule has 25 heavy (non-hydrogen) atoms. The van der Waals surface area contributed by atoms with Crippen LogP contribution < -0.4 is 0 Å². The molecule has 1 atom stereocenters. The van der Waals surface area contributed by atoms with E-state index in [1.54, 1.807) is 0 Å². The molecule has 2 saturated heterocycles. The first-order valence-corrected chi connectivity index (χ1v) is 9.97. The van der Waals surface area contributed by atoms with E-state index in [4.69, 9.17) is 12.2 Å². The number of rotatable bonds is 3. The molecule has 8 heteroatoms. The molecule has 6 nitrogen and oxygen atoms in total. The highest BCUT2D eigenvalue weighted by molar-refractivity contribution is 8.33. The summed E-state index contributed by atoms with van der Waals surface area (Å²) in [5, 5.41) is 4.95. The molecule has 0 saturated carbocycles. The Morgan fingerprint density at radius 3 is 3.04 bits per heavy atom. The van der Waals surface area contributed by atoms with Crippen molar-refractivity contribution < 1.29 is 4.79 Å². The fraction of sp³-hybridized carbons (Fsp3) is 0.529. The molecule has 132 valence electrons.